The maximum Gasteiger partial charge on any atom is 0.253 e. The molecule has 8 heteroatoms. The van der Waals surface area contributed by atoms with Gasteiger partial charge in [-0.15, -0.1) is 0 Å². The second kappa shape index (κ2) is 6.64. The third-order valence-electron chi connectivity index (χ3n) is 4.53. The summed E-state index contributed by atoms with van der Waals surface area (Å²) in [4.78, 5) is 24.3. The van der Waals surface area contributed by atoms with Gasteiger partial charge in [0.1, 0.15) is 11.5 Å². The van der Waals surface area contributed by atoms with E-state index in [1.807, 2.05) is 6.07 Å². The SMILES string of the molecule is COc1cc(-c2nccc(-c3cc4c([nH]3)CCNC4=O)n2)c(OC)cc1N. The highest BCUT2D eigenvalue weighted by Gasteiger charge is 2.21. The summed E-state index contributed by atoms with van der Waals surface area (Å²) in [6, 6.07) is 7.04. The number of H-pyrrole nitrogens is 1. The number of nitrogens with one attached hydrogen (secondary N) is 2. The van der Waals surface area contributed by atoms with Crippen LogP contribution in [0.5, 0.6) is 11.5 Å². The van der Waals surface area contributed by atoms with Gasteiger partial charge in [0.05, 0.1) is 42.4 Å². The molecule has 4 N–H and O–H groups in total. The van der Waals surface area contributed by atoms with E-state index in [9.17, 15) is 4.79 Å². The molecule has 0 saturated heterocycles. The summed E-state index contributed by atoms with van der Waals surface area (Å²) in [6.07, 6.45) is 2.43. The largest absolute Gasteiger partial charge is 0.496 e. The maximum atomic E-state index is 12.0. The van der Waals surface area contributed by atoms with Crippen molar-refractivity contribution in [2.75, 3.05) is 26.5 Å². The quantitative estimate of drug-likeness (QED) is 0.609. The number of nitrogen functional groups attached to an aromatic ring is 1. The highest BCUT2D eigenvalue weighted by molar-refractivity contribution is 5.97. The molecule has 27 heavy (non-hydrogen) atoms. The highest BCUT2D eigenvalue weighted by Crippen LogP contribution is 2.36. The molecule has 0 spiro atoms. The van der Waals surface area contributed by atoms with E-state index in [1.54, 1.807) is 38.6 Å². The van der Waals surface area contributed by atoms with Crippen LogP contribution in [0.3, 0.4) is 0 Å². The van der Waals surface area contributed by atoms with Crippen LogP contribution in [0.1, 0.15) is 16.1 Å². The zero-order valence-electron chi connectivity index (χ0n) is 15.0. The molecule has 0 bridgehead atoms. The van der Waals surface area contributed by atoms with Crippen molar-refractivity contribution >= 4 is 11.6 Å². The number of fused-ring (bicyclic) bond motifs is 1. The Kier molecular flexibility index (Phi) is 4.15. The van der Waals surface area contributed by atoms with E-state index in [0.29, 0.717) is 46.4 Å². The van der Waals surface area contributed by atoms with Gasteiger partial charge in [-0.05, 0) is 18.2 Å². The fourth-order valence-electron chi connectivity index (χ4n) is 3.17. The number of aromatic nitrogens is 3. The first-order chi connectivity index (χ1) is 13.1. The topological polar surface area (TPSA) is 115 Å². The molecule has 3 heterocycles. The van der Waals surface area contributed by atoms with Crippen LogP contribution in [-0.4, -0.2) is 41.6 Å². The van der Waals surface area contributed by atoms with Crippen molar-refractivity contribution in [2.24, 2.45) is 0 Å². The van der Waals surface area contributed by atoms with Gasteiger partial charge in [0.2, 0.25) is 0 Å². The minimum atomic E-state index is -0.0713. The standard InChI is InChI=1S/C19H19N5O3/c1-26-16-9-12(20)17(27-2)8-11(16)18-21-5-4-14(24-18)15-7-10-13(23-15)3-6-22-19(10)25/h4-5,7-9,23H,3,6,20H2,1-2H3,(H,22,25). The minimum Gasteiger partial charge on any atom is -0.496 e. The fourth-order valence-corrected chi connectivity index (χ4v) is 3.17. The van der Waals surface area contributed by atoms with Gasteiger partial charge in [-0.2, -0.15) is 0 Å². The summed E-state index contributed by atoms with van der Waals surface area (Å²) in [6.45, 7) is 0.628. The molecule has 1 aromatic carbocycles. The smallest absolute Gasteiger partial charge is 0.253 e. The van der Waals surface area contributed by atoms with Crippen molar-refractivity contribution in [1.82, 2.24) is 20.3 Å². The van der Waals surface area contributed by atoms with E-state index in [0.717, 1.165) is 17.8 Å². The Labute approximate surface area is 155 Å². The van der Waals surface area contributed by atoms with Crippen molar-refractivity contribution in [2.45, 2.75) is 6.42 Å². The second-order valence-electron chi connectivity index (χ2n) is 6.14. The predicted molar refractivity (Wildman–Crippen MR) is 101 cm³/mol. The van der Waals surface area contributed by atoms with Gasteiger partial charge in [-0.25, -0.2) is 9.97 Å². The molecule has 0 saturated carbocycles. The summed E-state index contributed by atoms with van der Waals surface area (Å²) >= 11 is 0. The number of methoxy groups -OCH3 is 2. The Morgan fingerprint density at radius 3 is 2.67 bits per heavy atom. The van der Waals surface area contributed by atoms with Gasteiger partial charge in [0.15, 0.2) is 5.82 Å². The molecule has 3 aromatic rings. The molecular weight excluding hydrogens is 346 g/mol. The van der Waals surface area contributed by atoms with Crippen LogP contribution in [0.25, 0.3) is 22.8 Å². The Bertz CT molecular complexity index is 1030. The second-order valence-corrected chi connectivity index (χ2v) is 6.14. The van der Waals surface area contributed by atoms with Gasteiger partial charge < -0.3 is 25.5 Å². The van der Waals surface area contributed by atoms with Crippen LogP contribution in [0, 0.1) is 0 Å². The molecule has 0 unspecified atom stereocenters. The lowest BCUT2D eigenvalue weighted by Gasteiger charge is -2.12. The van der Waals surface area contributed by atoms with Crippen LogP contribution in [0.2, 0.25) is 0 Å². The van der Waals surface area contributed by atoms with E-state index in [2.05, 4.69) is 20.3 Å². The summed E-state index contributed by atoms with van der Waals surface area (Å²) in [5.41, 5.74) is 10.1. The number of aromatic amines is 1. The van der Waals surface area contributed by atoms with Crippen LogP contribution < -0.4 is 20.5 Å². The number of carbonyl (C=O) groups excluding carboxylic acids is 1. The average molecular weight is 365 g/mol. The summed E-state index contributed by atoms with van der Waals surface area (Å²) in [5, 5.41) is 2.84. The number of benzene rings is 1. The van der Waals surface area contributed by atoms with Crippen molar-refractivity contribution < 1.29 is 14.3 Å². The molecule has 8 nitrogen and oxygen atoms in total. The number of anilines is 1. The third kappa shape index (κ3) is 2.95. The van der Waals surface area contributed by atoms with E-state index in [1.165, 1.54) is 0 Å². The highest BCUT2D eigenvalue weighted by atomic mass is 16.5. The first-order valence-corrected chi connectivity index (χ1v) is 8.46. The van der Waals surface area contributed by atoms with Crippen molar-refractivity contribution in [3.05, 3.63) is 41.7 Å². The van der Waals surface area contributed by atoms with E-state index < -0.39 is 0 Å². The molecule has 0 atom stereocenters. The molecule has 0 aliphatic carbocycles. The zero-order valence-corrected chi connectivity index (χ0v) is 15.0. The maximum absolute atomic E-state index is 12.0. The molecular formula is C19H19N5O3. The molecule has 1 aliphatic heterocycles. The number of rotatable bonds is 4. The molecule has 2 aromatic heterocycles. The molecule has 138 valence electrons. The normalized spacial score (nSPS) is 13.0. The lowest BCUT2D eigenvalue weighted by atomic mass is 10.1. The molecule has 0 fully saturated rings. The molecule has 0 radical (unpaired) electrons. The Balaban J connectivity index is 1.79. The number of ether oxygens (including phenoxy) is 2. The van der Waals surface area contributed by atoms with Gasteiger partial charge in [-0.1, -0.05) is 0 Å². The lowest BCUT2D eigenvalue weighted by molar-refractivity contribution is 0.0946. The Morgan fingerprint density at radius 1 is 1.11 bits per heavy atom. The number of hydrogen-bond acceptors (Lipinski definition) is 6. The number of nitrogens with two attached hydrogens (primary N) is 1. The predicted octanol–water partition coefficient (Wildman–Crippen LogP) is 2.02. The van der Waals surface area contributed by atoms with Gasteiger partial charge in [-0.3, -0.25) is 4.79 Å². The number of carbonyl (C=O) groups is 1. The van der Waals surface area contributed by atoms with Gasteiger partial charge in [0.25, 0.3) is 5.91 Å². The fraction of sp³-hybridized carbons (Fsp3) is 0.211. The van der Waals surface area contributed by atoms with Crippen LogP contribution in [0.15, 0.2) is 30.5 Å². The van der Waals surface area contributed by atoms with Crippen molar-refractivity contribution in [3.8, 4) is 34.3 Å². The summed E-state index contributed by atoms with van der Waals surface area (Å²) < 4.78 is 10.7. The zero-order chi connectivity index (χ0) is 19.0. The van der Waals surface area contributed by atoms with Crippen molar-refractivity contribution in [3.63, 3.8) is 0 Å². The van der Waals surface area contributed by atoms with Crippen LogP contribution >= 0.6 is 0 Å². The summed E-state index contributed by atoms with van der Waals surface area (Å²) in [7, 11) is 3.11. The van der Waals surface area contributed by atoms with Gasteiger partial charge >= 0.3 is 0 Å². The summed E-state index contributed by atoms with van der Waals surface area (Å²) in [5.74, 6) is 1.47. The van der Waals surface area contributed by atoms with E-state index in [4.69, 9.17) is 15.2 Å². The number of nitrogens with zero attached hydrogens (tertiary/aromatic N) is 2. The molecule has 1 aliphatic rings. The molecule has 4 rings (SSSR count). The lowest BCUT2D eigenvalue weighted by Crippen LogP contribution is -2.31. The first-order valence-electron chi connectivity index (χ1n) is 8.46. The van der Waals surface area contributed by atoms with Crippen LogP contribution in [-0.2, 0) is 6.42 Å². The minimum absolute atomic E-state index is 0.0713. The number of amides is 1. The van der Waals surface area contributed by atoms with E-state index in [-0.39, 0.29) is 5.91 Å². The van der Waals surface area contributed by atoms with Crippen LogP contribution in [0.4, 0.5) is 5.69 Å². The Hall–Kier alpha value is -3.55. The van der Waals surface area contributed by atoms with Gasteiger partial charge in [0, 0.05) is 30.9 Å². The third-order valence-corrected chi connectivity index (χ3v) is 4.53. The average Bonchev–Trinajstić information content (AvgIpc) is 3.13. The van der Waals surface area contributed by atoms with Crippen molar-refractivity contribution in [1.29, 1.82) is 0 Å². The first kappa shape index (κ1) is 16.9. The Morgan fingerprint density at radius 2 is 1.93 bits per heavy atom. The number of hydrogen-bond donors (Lipinski definition) is 3. The monoisotopic (exact) mass is 365 g/mol. The van der Waals surface area contributed by atoms with E-state index >= 15 is 0 Å². The molecule has 1 amide bonds.